The number of aryl methyl sites for hydroxylation is 1. The lowest BCUT2D eigenvalue weighted by atomic mass is 10.1. The van der Waals surface area contributed by atoms with Crippen LogP contribution in [0.4, 0.5) is 5.69 Å². The summed E-state index contributed by atoms with van der Waals surface area (Å²) in [5, 5.41) is 2.97. The Labute approximate surface area is 125 Å². The number of halogens is 1. The summed E-state index contributed by atoms with van der Waals surface area (Å²) in [6, 6.07) is 9.59. The largest absolute Gasteiger partial charge is 0.398 e. The van der Waals surface area contributed by atoms with Crippen LogP contribution in [0.15, 0.2) is 34.8 Å². The predicted molar refractivity (Wildman–Crippen MR) is 83.5 cm³/mol. The van der Waals surface area contributed by atoms with Gasteiger partial charge in [0.15, 0.2) is 0 Å². The number of nitrogens with two attached hydrogens (primary N) is 1. The molecule has 0 fully saturated rings. The summed E-state index contributed by atoms with van der Waals surface area (Å²) in [4.78, 5) is 13.7. The third-order valence-corrected chi connectivity index (χ3v) is 4.49. The Kier molecular flexibility index (Phi) is 4.27. The molecule has 0 aliphatic carbocycles. The third kappa shape index (κ3) is 3.36. The van der Waals surface area contributed by atoms with Crippen molar-refractivity contribution in [1.29, 1.82) is 0 Å². The number of anilines is 1. The topological polar surface area (TPSA) is 55.1 Å². The monoisotopic (exact) mass is 338 g/mol. The van der Waals surface area contributed by atoms with Crippen LogP contribution in [0.3, 0.4) is 0 Å². The molecule has 0 saturated carbocycles. The van der Waals surface area contributed by atoms with Gasteiger partial charge in [-0.15, -0.1) is 11.3 Å². The standard InChI is InChI=1S/C14H15BrN2OS/c1-8(10-3-5-11(15)6-4-10)17-14(18)13-7-12(16)9(2)19-13/h3-8H,16H2,1-2H3,(H,17,18). The van der Waals surface area contributed by atoms with Gasteiger partial charge in [-0.3, -0.25) is 4.79 Å². The first kappa shape index (κ1) is 14.1. The second-order valence-electron chi connectivity index (χ2n) is 4.37. The fourth-order valence-corrected chi connectivity index (χ4v) is 2.82. The maximum atomic E-state index is 12.1. The summed E-state index contributed by atoms with van der Waals surface area (Å²) in [6.45, 7) is 3.87. The fourth-order valence-electron chi connectivity index (χ4n) is 1.71. The molecule has 19 heavy (non-hydrogen) atoms. The van der Waals surface area contributed by atoms with Crippen molar-refractivity contribution < 1.29 is 4.79 Å². The van der Waals surface area contributed by atoms with Crippen molar-refractivity contribution in [3.8, 4) is 0 Å². The Balaban J connectivity index is 2.08. The smallest absolute Gasteiger partial charge is 0.261 e. The number of benzene rings is 1. The molecule has 100 valence electrons. The zero-order valence-electron chi connectivity index (χ0n) is 10.7. The highest BCUT2D eigenvalue weighted by atomic mass is 79.9. The van der Waals surface area contributed by atoms with E-state index < -0.39 is 0 Å². The molecule has 0 aliphatic heterocycles. The molecule has 1 unspecified atom stereocenters. The summed E-state index contributed by atoms with van der Waals surface area (Å²) in [5.74, 6) is -0.0831. The number of carbonyl (C=O) groups excluding carboxylic acids is 1. The Hall–Kier alpha value is -1.33. The number of hydrogen-bond donors (Lipinski definition) is 2. The quantitative estimate of drug-likeness (QED) is 0.891. The molecule has 0 saturated heterocycles. The van der Waals surface area contributed by atoms with Crippen molar-refractivity contribution in [2.45, 2.75) is 19.9 Å². The molecule has 1 atom stereocenters. The number of hydrogen-bond acceptors (Lipinski definition) is 3. The maximum absolute atomic E-state index is 12.1. The average molecular weight is 339 g/mol. The Morgan fingerprint density at radius 3 is 2.53 bits per heavy atom. The van der Waals surface area contributed by atoms with E-state index in [0.717, 1.165) is 14.9 Å². The number of nitrogen functional groups attached to an aromatic ring is 1. The SMILES string of the molecule is Cc1sc(C(=O)NC(C)c2ccc(Br)cc2)cc1N. The molecule has 2 aromatic rings. The predicted octanol–water partition coefficient (Wildman–Crippen LogP) is 3.89. The van der Waals surface area contributed by atoms with Crippen LogP contribution in [0.5, 0.6) is 0 Å². The lowest BCUT2D eigenvalue weighted by Gasteiger charge is -2.13. The Morgan fingerprint density at radius 2 is 2.00 bits per heavy atom. The van der Waals surface area contributed by atoms with Gasteiger partial charge in [0.1, 0.15) is 0 Å². The average Bonchev–Trinajstić information content (AvgIpc) is 2.70. The van der Waals surface area contributed by atoms with Crippen LogP contribution in [0, 0.1) is 6.92 Å². The van der Waals surface area contributed by atoms with Crippen molar-refractivity contribution >= 4 is 38.9 Å². The van der Waals surface area contributed by atoms with E-state index in [0.29, 0.717) is 10.6 Å². The van der Waals surface area contributed by atoms with E-state index in [1.165, 1.54) is 11.3 Å². The molecule has 1 aromatic heterocycles. The van der Waals surface area contributed by atoms with Gasteiger partial charge in [-0.2, -0.15) is 0 Å². The molecular weight excluding hydrogens is 324 g/mol. The fraction of sp³-hybridized carbons (Fsp3) is 0.214. The van der Waals surface area contributed by atoms with Crippen LogP contribution in [0.2, 0.25) is 0 Å². The minimum Gasteiger partial charge on any atom is -0.398 e. The number of nitrogens with one attached hydrogen (secondary N) is 1. The Bertz CT molecular complexity index is 572. The zero-order chi connectivity index (χ0) is 14.0. The van der Waals surface area contributed by atoms with Crippen LogP contribution >= 0.6 is 27.3 Å². The van der Waals surface area contributed by atoms with Crippen molar-refractivity contribution in [1.82, 2.24) is 5.32 Å². The summed E-state index contributed by atoms with van der Waals surface area (Å²) in [5.41, 5.74) is 7.50. The molecule has 0 spiro atoms. The van der Waals surface area contributed by atoms with Gasteiger partial charge in [-0.25, -0.2) is 0 Å². The van der Waals surface area contributed by atoms with E-state index in [1.54, 1.807) is 6.07 Å². The van der Waals surface area contributed by atoms with Gasteiger partial charge in [-0.1, -0.05) is 28.1 Å². The molecular formula is C14H15BrN2OS. The molecule has 1 amide bonds. The zero-order valence-corrected chi connectivity index (χ0v) is 13.1. The minimum absolute atomic E-state index is 0.0377. The summed E-state index contributed by atoms with van der Waals surface area (Å²) in [6.07, 6.45) is 0. The van der Waals surface area contributed by atoms with E-state index in [-0.39, 0.29) is 11.9 Å². The molecule has 0 bridgehead atoms. The highest BCUT2D eigenvalue weighted by Gasteiger charge is 2.14. The van der Waals surface area contributed by atoms with Crippen LogP contribution < -0.4 is 11.1 Å². The first-order valence-corrected chi connectivity index (χ1v) is 7.50. The summed E-state index contributed by atoms with van der Waals surface area (Å²) >= 11 is 4.81. The van der Waals surface area contributed by atoms with Crippen molar-refractivity contribution in [3.63, 3.8) is 0 Å². The van der Waals surface area contributed by atoms with E-state index in [1.807, 2.05) is 38.1 Å². The molecule has 1 aromatic carbocycles. The molecule has 1 heterocycles. The van der Waals surface area contributed by atoms with Gasteiger partial charge >= 0.3 is 0 Å². The van der Waals surface area contributed by atoms with Crippen LogP contribution in [0.1, 0.15) is 33.1 Å². The first-order valence-electron chi connectivity index (χ1n) is 5.89. The van der Waals surface area contributed by atoms with Gasteiger partial charge in [0.25, 0.3) is 5.91 Å². The van der Waals surface area contributed by atoms with Gasteiger partial charge in [0, 0.05) is 15.0 Å². The molecule has 0 radical (unpaired) electrons. The molecule has 5 heteroatoms. The van der Waals surface area contributed by atoms with E-state index in [9.17, 15) is 4.79 Å². The van der Waals surface area contributed by atoms with Crippen molar-refractivity contribution in [3.05, 3.63) is 50.1 Å². The van der Waals surface area contributed by atoms with Gasteiger partial charge in [0.2, 0.25) is 0 Å². The lowest BCUT2D eigenvalue weighted by molar-refractivity contribution is 0.0944. The second kappa shape index (κ2) is 5.75. The first-order chi connectivity index (χ1) is 8.97. The number of amides is 1. The maximum Gasteiger partial charge on any atom is 0.261 e. The molecule has 3 nitrogen and oxygen atoms in total. The van der Waals surface area contributed by atoms with E-state index >= 15 is 0 Å². The van der Waals surface area contributed by atoms with E-state index in [2.05, 4.69) is 21.2 Å². The van der Waals surface area contributed by atoms with Gasteiger partial charge in [-0.05, 0) is 37.6 Å². The summed E-state index contributed by atoms with van der Waals surface area (Å²) < 4.78 is 1.02. The Morgan fingerprint density at radius 1 is 1.37 bits per heavy atom. The summed E-state index contributed by atoms with van der Waals surface area (Å²) in [7, 11) is 0. The van der Waals surface area contributed by atoms with E-state index in [4.69, 9.17) is 5.73 Å². The highest BCUT2D eigenvalue weighted by molar-refractivity contribution is 9.10. The highest BCUT2D eigenvalue weighted by Crippen LogP contribution is 2.24. The molecule has 3 N–H and O–H groups in total. The van der Waals surface area contributed by atoms with Crippen molar-refractivity contribution in [2.24, 2.45) is 0 Å². The van der Waals surface area contributed by atoms with Crippen molar-refractivity contribution in [2.75, 3.05) is 5.73 Å². The van der Waals surface area contributed by atoms with Crippen LogP contribution in [0.25, 0.3) is 0 Å². The van der Waals surface area contributed by atoms with Crippen LogP contribution in [-0.2, 0) is 0 Å². The van der Waals surface area contributed by atoms with Crippen LogP contribution in [-0.4, -0.2) is 5.91 Å². The molecule has 2 rings (SSSR count). The van der Waals surface area contributed by atoms with Gasteiger partial charge in [0.05, 0.1) is 10.9 Å². The number of thiophene rings is 1. The normalized spacial score (nSPS) is 12.2. The lowest BCUT2D eigenvalue weighted by Crippen LogP contribution is -2.25. The number of carbonyl (C=O) groups is 1. The number of rotatable bonds is 3. The second-order valence-corrected chi connectivity index (χ2v) is 6.54. The molecule has 0 aliphatic rings. The third-order valence-electron chi connectivity index (χ3n) is 2.90. The van der Waals surface area contributed by atoms with Gasteiger partial charge < -0.3 is 11.1 Å². The minimum atomic E-state index is -0.0831.